The molecule has 1 heterocycles. The summed E-state index contributed by atoms with van der Waals surface area (Å²) in [6, 6.07) is 0. The van der Waals surface area contributed by atoms with Crippen molar-refractivity contribution in [2.45, 2.75) is 6.92 Å². The van der Waals surface area contributed by atoms with Gasteiger partial charge in [-0.05, 0) is 0 Å². The average Bonchev–Trinajstić information content (AvgIpc) is 1.86. The van der Waals surface area contributed by atoms with Crippen molar-refractivity contribution in [3.63, 3.8) is 0 Å². The van der Waals surface area contributed by atoms with Crippen LogP contribution in [0.3, 0.4) is 0 Å². The summed E-state index contributed by atoms with van der Waals surface area (Å²) in [7, 11) is 0. The van der Waals surface area contributed by atoms with E-state index in [1.165, 1.54) is 5.69 Å². The summed E-state index contributed by atoms with van der Waals surface area (Å²) in [5.41, 5.74) is 3.19. The minimum Gasteiger partial charge on any atom is -0.206 e. The maximum absolute atomic E-state index is 3.02. The summed E-state index contributed by atoms with van der Waals surface area (Å²) in [5.74, 6) is 0. The van der Waals surface area contributed by atoms with Crippen LogP contribution in [0.15, 0.2) is 10.9 Å². The highest BCUT2D eigenvalue weighted by molar-refractivity contribution is 7.07. The minimum atomic E-state index is 1.24. The molecule has 0 aliphatic carbocycles. The highest BCUT2D eigenvalue weighted by Crippen LogP contribution is 1.90. The first-order valence-electron chi connectivity index (χ1n) is 1.80. The molecule has 0 unspecified atom stereocenters. The average molecular weight is 100 g/mol. The molecule has 32 valence electrons. The van der Waals surface area contributed by atoms with Gasteiger partial charge in [-0.2, -0.15) is 0 Å². The summed E-state index contributed by atoms with van der Waals surface area (Å²) in [5, 5.41) is 2.07. The number of aromatic amines is 1. The number of rotatable bonds is 0. The predicted molar refractivity (Wildman–Crippen MR) is 25.6 cm³/mol. The molecule has 0 atom stereocenters. The van der Waals surface area contributed by atoms with E-state index in [0.29, 0.717) is 0 Å². The predicted octanol–water partition coefficient (Wildman–Crippen LogP) is 0.871. The molecule has 0 saturated carbocycles. The molecule has 0 fully saturated rings. The monoisotopic (exact) mass is 100 g/mol. The summed E-state index contributed by atoms with van der Waals surface area (Å²) >= 11 is 1.68. The second kappa shape index (κ2) is 1.39. The fraction of sp³-hybridized carbons (Fsp3) is 0.250. The normalized spacial score (nSPS) is 8.83. The molecule has 6 heavy (non-hydrogen) atoms. The third-order valence-electron chi connectivity index (χ3n) is 0.599. The first kappa shape index (κ1) is 3.81. The van der Waals surface area contributed by atoms with Crippen LogP contribution in [0.5, 0.6) is 0 Å². The van der Waals surface area contributed by atoms with Gasteiger partial charge in [0.05, 0.1) is 5.38 Å². The Morgan fingerprint density at radius 3 is 2.83 bits per heavy atom. The lowest BCUT2D eigenvalue weighted by molar-refractivity contribution is -0.380. The second-order valence-corrected chi connectivity index (χ2v) is 1.94. The lowest BCUT2D eigenvalue weighted by atomic mass is 10.6. The van der Waals surface area contributed by atoms with E-state index in [1.54, 1.807) is 11.3 Å². The highest BCUT2D eigenvalue weighted by atomic mass is 32.1. The van der Waals surface area contributed by atoms with Crippen molar-refractivity contribution in [3.8, 4) is 0 Å². The molecule has 0 spiro atoms. The fourth-order valence-electron chi connectivity index (χ4n) is 0.297. The van der Waals surface area contributed by atoms with Gasteiger partial charge in [0, 0.05) is 6.92 Å². The van der Waals surface area contributed by atoms with Gasteiger partial charge in [-0.1, -0.05) is 11.3 Å². The number of nitrogens with one attached hydrogen (secondary N) is 1. The van der Waals surface area contributed by atoms with E-state index >= 15 is 0 Å². The molecule has 0 bridgehead atoms. The largest absolute Gasteiger partial charge is 0.223 e. The number of aryl methyl sites for hydroxylation is 1. The van der Waals surface area contributed by atoms with E-state index in [9.17, 15) is 0 Å². The number of H-pyrrole nitrogens is 1. The van der Waals surface area contributed by atoms with Crippen LogP contribution in [-0.4, -0.2) is 0 Å². The zero-order valence-electron chi connectivity index (χ0n) is 3.56. The van der Waals surface area contributed by atoms with Gasteiger partial charge in [0.15, 0.2) is 5.69 Å². The third kappa shape index (κ3) is 0.571. The van der Waals surface area contributed by atoms with E-state index in [-0.39, 0.29) is 0 Å². The van der Waals surface area contributed by atoms with Gasteiger partial charge in [-0.3, -0.25) is 0 Å². The molecule has 1 rings (SSSR count). The Balaban J connectivity index is 3.05. The molecule has 0 aliphatic rings. The van der Waals surface area contributed by atoms with Crippen molar-refractivity contribution >= 4 is 11.3 Å². The summed E-state index contributed by atoms with van der Waals surface area (Å²) in [6.07, 6.45) is 0. The minimum absolute atomic E-state index is 1.24. The van der Waals surface area contributed by atoms with E-state index in [2.05, 4.69) is 10.4 Å². The molecule has 0 amide bonds. The fourth-order valence-corrected chi connectivity index (χ4v) is 0.891. The first-order chi connectivity index (χ1) is 2.89. The summed E-state index contributed by atoms with van der Waals surface area (Å²) in [6.45, 7) is 2.04. The molecule has 2 heteroatoms. The van der Waals surface area contributed by atoms with Gasteiger partial charge in [0.25, 0.3) is 0 Å². The van der Waals surface area contributed by atoms with Crippen molar-refractivity contribution in [1.29, 1.82) is 0 Å². The van der Waals surface area contributed by atoms with Gasteiger partial charge in [0.1, 0.15) is 0 Å². The number of hydrogen-bond acceptors (Lipinski definition) is 1. The van der Waals surface area contributed by atoms with Crippen molar-refractivity contribution in [3.05, 3.63) is 16.6 Å². The van der Waals surface area contributed by atoms with Crippen LogP contribution in [0.4, 0.5) is 0 Å². The zero-order valence-corrected chi connectivity index (χ0v) is 4.38. The maximum Gasteiger partial charge on any atom is 0.223 e. The zero-order chi connectivity index (χ0) is 4.41. The van der Waals surface area contributed by atoms with Gasteiger partial charge < -0.3 is 0 Å². The van der Waals surface area contributed by atoms with Gasteiger partial charge in [0.2, 0.25) is 5.51 Å². The lowest BCUT2D eigenvalue weighted by Gasteiger charge is -1.56. The van der Waals surface area contributed by atoms with E-state index in [0.717, 1.165) is 0 Å². The number of aromatic nitrogens is 1. The molecule has 0 radical (unpaired) electrons. The molecule has 0 aliphatic heterocycles. The third-order valence-corrected chi connectivity index (χ3v) is 1.34. The van der Waals surface area contributed by atoms with Gasteiger partial charge in [-0.25, -0.2) is 4.98 Å². The number of hydrogen-bond donors (Lipinski definition) is 0. The molecule has 1 nitrogen and oxygen atoms in total. The molecule has 1 aromatic rings. The van der Waals surface area contributed by atoms with Crippen molar-refractivity contribution in [1.82, 2.24) is 0 Å². The Kier molecular flexibility index (Phi) is 0.881. The lowest BCUT2D eigenvalue weighted by Crippen LogP contribution is -1.96. The Morgan fingerprint density at radius 1 is 1.83 bits per heavy atom. The van der Waals surface area contributed by atoms with Crippen LogP contribution in [0.25, 0.3) is 0 Å². The van der Waals surface area contributed by atoms with Crippen LogP contribution in [0.2, 0.25) is 0 Å². The summed E-state index contributed by atoms with van der Waals surface area (Å²) < 4.78 is 0. The van der Waals surface area contributed by atoms with Crippen LogP contribution in [0, 0.1) is 6.92 Å². The Hall–Kier alpha value is -0.370. The van der Waals surface area contributed by atoms with Crippen molar-refractivity contribution in [2.75, 3.05) is 0 Å². The second-order valence-electron chi connectivity index (χ2n) is 1.20. The molecule has 0 saturated heterocycles. The summed E-state index contributed by atoms with van der Waals surface area (Å²) in [4.78, 5) is 3.02. The van der Waals surface area contributed by atoms with E-state index in [4.69, 9.17) is 0 Å². The van der Waals surface area contributed by atoms with Gasteiger partial charge >= 0.3 is 0 Å². The Bertz CT molecular complexity index is 111. The van der Waals surface area contributed by atoms with Crippen LogP contribution in [0.1, 0.15) is 5.69 Å². The maximum atomic E-state index is 3.02. The molecule has 1 N–H and O–H groups in total. The number of thiazole rings is 1. The van der Waals surface area contributed by atoms with E-state index in [1.807, 2.05) is 12.4 Å². The Labute approximate surface area is 40.7 Å². The molecule has 1 aromatic heterocycles. The first-order valence-corrected chi connectivity index (χ1v) is 2.74. The SMILES string of the molecule is Cc1csc[nH+]1. The van der Waals surface area contributed by atoms with E-state index < -0.39 is 0 Å². The highest BCUT2D eigenvalue weighted by Gasteiger charge is 1.85. The van der Waals surface area contributed by atoms with Crippen molar-refractivity contribution < 1.29 is 4.98 Å². The van der Waals surface area contributed by atoms with Gasteiger partial charge in [-0.15, -0.1) is 0 Å². The van der Waals surface area contributed by atoms with Crippen LogP contribution < -0.4 is 4.98 Å². The molecular formula is C4H6NS+. The standard InChI is InChI=1S/C4H5NS/c1-4-2-6-3-5-4/h2-3H,1H3/p+1. The quantitative estimate of drug-likeness (QED) is 0.459. The Morgan fingerprint density at radius 2 is 2.67 bits per heavy atom. The topological polar surface area (TPSA) is 14.1 Å². The van der Waals surface area contributed by atoms with Crippen LogP contribution in [-0.2, 0) is 0 Å². The molecule has 0 aromatic carbocycles. The smallest absolute Gasteiger partial charge is 0.206 e. The van der Waals surface area contributed by atoms with Crippen molar-refractivity contribution in [2.24, 2.45) is 0 Å². The van der Waals surface area contributed by atoms with Crippen LogP contribution >= 0.6 is 11.3 Å². The molecular weight excluding hydrogens is 94.1 g/mol.